The van der Waals surface area contributed by atoms with Gasteiger partial charge in [-0.2, -0.15) is 0 Å². The predicted octanol–water partition coefficient (Wildman–Crippen LogP) is 0.602. The molecule has 5 heteroatoms. The van der Waals surface area contributed by atoms with Gasteiger partial charge in [-0.25, -0.2) is 0 Å². The van der Waals surface area contributed by atoms with Crippen molar-refractivity contribution < 1.29 is 9.53 Å². The molecule has 5 nitrogen and oxygen atoms in total. The van der Waals surface area contributed by atoms with Crippen molar-refractivity contribution in [2.75, 3.05) is 39.9 Å². The van der Waals surface area contributed by atoms with Gasteiger partial charge in [0.15, 0.2) is 0 Å². The number of nitrogens with zero attached hydrogens (tertiary/aromatic N) is 1. The third kappa shape index (κ3) is 6.36. The fourth-order valence-electron chi connectivity index (χ4n) is 2.33. The Morgan fingerprint density at radius 3 is 2.63 bits per heavy atom. The van der Waals surface area contributed by atoms with E-state index in [-0.39, 0.29) is 11.9 Å². The Balaban J connectivity index is 2.11. The molecule has 2 unspecified atom stereocenters. The summed E-state index contributed by atoms with van der Waals surface area (Å²) in [5, 5.41) is 6.23. The van der Waals surface area contributed by atoms with Crippen molar-refractivity contribution in [1.82, 2.24) is 15.5 Å². The molecule has 1 aliphatic rings. The second kappa shape index (κ2) is 9.28. The minimum absolute atomic E-state index is 0.0738. The van der Waals surface area contributed by atoms with Gasteiger partial charge >= 0.3 is 0 Å². The van der Waals surface area contributed by atoms with Crippen molar-refractivity contribution in [1.29, 1.82) is 0 Å². The van der Waals surface area contributed by atoms with Gasteiger partial charge in [0.25, 0.3) is 0 Å². The van der Waals surface area contributed by atoms with Gasteiger partial charge in [-0.3, -0.25) is 9.69 Å². The zero-order valence-electron chi connectivity index (χ0n) is 12.6. The van der Waals surface area contributed by atoms with Crippen LogP contribution in [0.4, 0.5) is 0 Å². The molecule has 0 aromatic heterocycles. The smallest absolute Gasteiger partial charge is 0.236 e. The van der Waals surface area contributed by atoms with E-state index in [1.165, 1.54) is 25.9 Å². The van der Waals surface area contributed by atoms with E-state index in [1.807, 2.05) is 6.92 Å². The fourth-order valence-corrected chi connectivity index (χ4v) is 2.33. The molecule has 0 saturated carbocycles. The molecule has 0 bridgehead atoms. The number of hydrogen-bond donors (Lipinski definition) is 2. The average molecular weight is 271 g/mol. The lowest BCUT2D eigenvalue weighted by molar-refractivity contribution is -0.122. The second-order valence-electron chi connectivity index (χ2n) is 5.36. The lowest BCUT2D eigenvalue weighted by atomic mass is 10.2. The van der Waals surface area contributed by atoms with Gasteiger partial charge in [0.05, 0.1) is 6.04 Å². The molecular weight excluding hydrogens is 242 g/mol. The van der Waals surface area contributed by atoms with Crippen LogP contribution in [0.25, 0.3) is 0 Å². The highest BCUT2D eigenvalue weighted by Crippen LogP contribution is 2.10. The Hall–Kier alpha value is -0.650. The summed E-state index contributed by atoms with van der Waals surface area (Å²) >= 11 is 0. The summed E-state index contributed by atoms with van der Waals surface area (Å²) in [5.41, 5.74) is 0. The van der Waals surface area contributed by atoms with Gasteiger partial charge in [0.1, 0.15) is 0 Å². The van der Waals surface area contributed by atoms with Crippen LogP contribution in [0, 0.1) is 0 Å². The highest BCUT2D eigenvalue weighted by molar-refractivity contribution is 5.81. The third-order valence-corrected chi connectivity index (χ3v) is 3.70. The summed E-state index contributed by atoms with van der Waals surface area (Å²) in [6.07, 6.45) is 3.47. The molecule has 19 heavy (non-hydrogen) atoms. The molecule has 0 aliphatic carbocycles. The quantitative estimate of drug-likeness (QED) is 0.603. The van der Waals surface area contributed by atoms with Crippen LogP contribution in [0.2, 0.25) is 0 Å². The molecule has 0 radical (unpaired) electrons. The first-order chi connectivity index (χ1) is 9.15. The third-order valence-electron chi connectivity index (χ3n) is 3.70. The van der Waals surface area contributed by atoms with E-state index in [4.69, 9.17) is 4.74 Å². The number of carbonyl (C=O) groups is 1. The van der Waals surface area contributed by atoms with E-state index in [0.717, 1.165) is 13.0 Å². The topological polar surface area (TPSA) is 53.6 Å². The Kier molecular flexibility index (Phi) is 8.02. The Morgan fingerprint density at radius 2 is 2.00 bits per heavy atom. The maximum atomic E-state index is 11.8. The molecule has 1 amide bonds. The first-order valence-electron chi connectivity index (χ1n) is 7.39. The van der Waals surface area contributed by atoms with Crippen molar-refractivity contribution in [3.63, 3.8) is 0 Å². The van der Waals surface area contributed by atoms with Crippen molar-refractivity contribution in [3.8, 4) is 0 Å². The van der Waals surface area contributed by atoms with E-state index in [1.54, 1.807) is 7.11 Å². The molecule has 0 aromatic carbocycles. The van der Waals surface area contributed by atoms with Crippen molar-refractivity contribution in [2.45, 2.75) is 45.2 Å². The number of carbonyl (C=O) groups excluding carboxylic acids is 1. The zero-order chi connectivity index (χ0) is 14.1. The average Bonchev–Trinajstić information content (AvgIpc) is 2.94. The molecule has 1 saturated heterocycles. The van der Waals surface area contributed by atoms with Crippen LogP contribution in [0.1, 0.15) is 33.1 Å². The lowest BCUT2D eigenvalue weighted by Crippen LogP contribution is -2.47. The van der Waals surface area contributed by atoms with E-state index >= 15 is 0 Å². The van der Waals surface area contributed by atoms with Gasteiger partial charge in [-0.05, 0) is 46.2 Å². The standard InChI is InChI=1S/C14H29N3O2/c1-12(17-8-4-5-9-17)11-16-13(2)14(18)15-7-6-10-19-3/h12-13,16H,4-11H2,1-3H3,(H,15,18). The molecule has 112 valence electrons. The molecule has 1 heterocycles. The minimum atomic E-state index is -0.132. The van der Waals surface area contributed by atoms with Crippen LogP contribution in [-0.4, -0.2) is 62.8 Å². The van der Waals surface area contributed by atoms with Crippen LogP contribution in [0.15, 0.2) is 0 Å². The van der Waals surface area contributed by atoms with E-state index in [2.05, 4.69) is 22.5 Å². The highest BCUT2D eigenvalue weighted by Gasteiger charge is 2.19. The van der Waals surface area contributed by atoms with Gasteiger partial charge in [-0.15, -0.1) is 0 Å². The number of hydrogen-bond acceptors (Lipinski definition) is 4. The summed E-state index contributed by atoms with van der Waals surface area (Å²) < 4.78 is 4.95. The second-order valence-corrected chi connectivity index (χ2v) is 5.36. The Labute approximate surface area is 117 Å². The monoisotopic (exact) mass is 271 g/mol. The molecule has 2 atom stereocenters. The molecule has 0 aromatic rings. The number of rotatable bonds is 9. The van der Waals surface area contributed by atoms with Crippen molar-refractivity contribution in [2.24, 2.45) is 0 Å². The maximum Gasteiger partial charge on any atom is 0.236 e. The van der Waals surface area contributed by atoms with Crippen LogP contribution in [-0.2, 0) is 9.53 Å². The summed E-state index contributed by atoms with van der Waals surface area (Å²) in [4.78, 5) is 14.3. The summed E-state index contributed by atoms with van der Waals surface area (Å²) in [6, 6.07) is 0.374. The van der Waals surface area contributed by atoms with Gasteiger partial charge < -0.3 is 15.4 Å². The predicted molar refractivity (Wildman–Crippen MR) is 77.2 cm³/mol. The highest BCUT2D eigenvalue weighted by atomic mass is 16.5. The summed E-state index contributed by atoms with van der Waals surface area (Å²) in [5.74, 6) is 0.0738. The fraction of sp³-hybridized carbons (Fsp3) is 0.929. The number of methoxy groups -OCH3 is 1. The largest absolute Gasteiger partial charge is 0.385 e. The van der Waals surface area contributed by atoms with Crippen molar-refractivity contribution >= 4 is 5.91 Å². The van der Waals surface area contributed by atoms with Crippen molar-refractivity contribution in [3.05, 3.63) is 0 Å². The number of nitrogens with one attached hydrogen (secondary N) is 2. The molecule has 1 aliphatic heterocycles. The molecule has 1 rings (SSSR count). The first kappa shape index (κ1) is 16.4. The van der Waals surface area contributed by atoms with E-state index in [9.17, 15) is 4.79 Å². The van der Waals surface area contributed by atoms with E-state index < -0.39 is 0 Å². The van der Waals surface area contributed by atoms with Crippen LogP contribution < -0.4 is 10.6 Å². The zero-order valence-corrected chi connectivity index (χ0v) is 12.6. The maximum absolute atomic E-state index is 11.8. The van der Waals surface area contributed by atoms with Gasteiger partial charge in [0.2, 0.25) is 5.91 Å². The van der Waals surface area contributed by atoms with Gasteiger partial charge in [-0.1, -0.05) is 0 Å². The molecule has 1 fully saturated rings. The number of amides is 1. The lowest BCUT2D eigenvalue weighted by Gasteiger charge is -2.25. The summed E-state index contributed by atoms with van der Waals surface area (Å²) in [6.45, 7) is 8.77. The van der Waals surface area contributed by atoms with Crippen LogP contribution >= 0.6 is 0 Å². The first-order valence-corrected chi connectivity index (χ1v) is 7.39. The number of likely N-dealkylation sites (tertiary alicyclic amines) is 1. The van der Waals surface area contributed by atoms with Crippen LogP contribution in [0.3, 0.4) is 0 Å². The number of ether oxygens (including phenoxy) is 1. The summed E-state index contributed by atoms with van der Waals surface area (Å²) in [7, 11) is 1.67. The Bertz CT molecular complexity index is 255. The molecule has 2 N–H and O–H groups in total. The van der Waals surface area contributed by atoms with E-state index in [0.29, 0.717) is 19.2 Å². The normalized spacial score (nSPS) is 19.3. The minimum Gasteiger partial charge on any atom is -0.385 e. The molecule has 0 spiro atoms. The van der Waals surface area contributed by atoms with Crippen LogP contribution in [0.5, 0.6) is 0 Å². The van der Waals surface area contributed by atoms with Gasteiger partial charge in [0, 0.05) is 32.8 Å². The molecular formula is C14H29N3O2. The SMILES string of the molecule is COCCCNC(=O)C(C)NCC(C)N1CCCC1. The Morgan fingerprint density at radius 1 is 1.32 bits per heavy atom.